The van der Waals surface area contributed by atoms with Gasteiger partial charge >= 0.3 is 0 Å². The molecule has 0 heterocycles. The maximum atomic E-state index is 9.33. The summed E-state index contributed by atoms with van der Waals surface area (Å²) in [5, 5.41) is 23.2. The first-order chi connectivity index (χ1) is 9.06. The van der Waals surface area contributed by atoms with E-state index in [0.29, 0.717) is 10.6 Å². The highest BCUT2D eigenvalue weighted by atomic mass is 35.5. The van der Waals surface area contributed by atoms with Gasteiger partial charge in [-0.15, -0.1) is 0 Å². The standard InChI is InChI=1S/C14H13ClN2O2/c1-9-2-4-11(7-12(9)15)17-16-8-10-3-5-13(18)14(19)6-10/h2-8,17-19H,1H3. The monoisotopic (exact) mass is 276 g/mol. The highest BCUT2D eigenvalue weighted by Gasteiger charge is 1.99. The molecule has 98 valence electrons. The molecule has 2 rings (SSSR count). The van der Waals surface area contributed by atoms with Crippen LogP contribution in [0.4, 0.5) is 5.69 Å². The van der Waals surface area contributed by atoms with Crippen molar-refractivity contribution < 1.29 is 10.2 Å². The number of aromatic hydroxyl groups is 2. The Hall–Kier alpha value is -2.20. The first kappa shape index (κ1) is 13.2. The SMILES string of the molecule is Cc1ccc(NN=Cc2ccc(O)c(O)c2)cc1Cl. The topological polar surface area (TPSA) is 64.9 Å². The van der Waals surface area contributed by atoms with Crippen LogP contribution in [0.2, 0.25) is 5.02 Å². The Bertz CT molecular complexity index is 627. The quantitative estimate of drug-likeness (QED) is 0.457. The summed E-state index contributed by atoms with van der Waals surface area (Å²) in [7, 11) is 0. The summed E-state index contributed by atoms with van der Waals surface area (Å²) >= 11 is 6.00. The van der Waals surface area contributed by atoms with Crippen LogP contribution < -0.4 is 5.43 Å². The summed E-state index contributed by atoms with van der Waals surface area (Å²) in [5.41, 5.74) is 5.28. The van der Waals surface area contributed by atoms with Gasteiger partial charge in [-0.2, -0.15) is 5.10 Å². The minimum Gasteiger partial charge on any atom is -0.504 e. The summed E-state index contributed by atoms with van der Waals surface area (Å²) in [6.45, 7) is 1.93. The number of aryl methyl sites for hydroxylation is 1. The number of phenolic OH excluding ortho intramolecular Hbond substituents is 2. The van der Waals surface area contributed by atoms with Crippen LogP contribution in [0.15, 0.2) is 41.5 Å². The van der Waals surface area contributed by atoms with Crippen LogP contribution in [0.25, 0.3) is 0 Å². The molecule has 19 heavy (non-hydrogen) atoms. The molecule has 0 saturated carbocycles. The van der Waals surface area contributed by atoms with E-state index in [1.54, 1.807) is 12.1 Å². The van der Waals surface area contributed by atoms with Gasteiger partial charge in [0.25, 0.3) is 0 Å². The first-order valence-corrected chi connectivity index (χ1v) is 6.01. The van der Waals surface area contributed by atoms with Gasteiger partial charge in [0, 0.05) is 5.02 Å². The minimum absolute atomic E-state index is 0.157. The molecule has 0 aromatic heterocycles. The van der Waals surface area contributed by atoms with Gasteiger partial charge in [0.2, 0.25) is 0 Å². The van der Waals surface area contributed by atoms with Crippen molar-refractivity contribution >= 4 is 23.5 Å². The molecular formula is C14H13ClN2O2. The van der Waals surface area contributed by atoms with Crippen molar-refractivity contribution in [2.45, 2.75) is 6.92 Å². The van der Waals surface area contributed by atoms with E-state index in [9.17, 15) is 10.2 Å². The average Bonchev–Trinajstić information content (AvgIpc) is 2.38. The van der Waals surface area contributed by atoms with Crippen LogP contribution in [0.1, 0.15) is 11.1 Å². The molecule has 2 aromatic rings. The van der Waals surface area contributed by atoms with Crippen molar-refractivity contribution in [1.82, 2.24) is 0 Å². The van der Waals surface area contributed by atoms with Crippen molar-refractivity contribution in [1.29, 1.82) is 0 Å². The van der Waals surface area contributed by atoms with Gasteiger partial charge in [0.05, 0.1) is 11.9 Å². The van der Waals surface area contributed by atoms with E-state index in [-0.39, 0.29) is 11.5 Å². The number of halogens is 1. The van der Waals surface area contributed by atoms with E-state index >= 15 is 0 Å². The Balaban J connectivity index is 2.06. The van der Waals surface area contributed by atoms with Crippen LogP contribution in [0.5, 0.6) is 11.5 Å². The Morgan fingerprint density at radius 1 is 1.11 bits per heavy atom. The molecule has 0 spiro atoms. The third-order valence-electron chi connectivity index (χ3n) is 2.58. The number of benzene rings is 2. The fourth-order valence-electron chi connectivity index (χ4n) is 1.46. The second kappa shape index (κ2) is 5.63. The second-order valence-corrected chi connectivity index (χ2v) is 4.49. The van der Waals surface area contributed by atoms with Crippen LogP contribution in [0, 0.1) is 6.92 Å². The fourth-order valence-corrected chi connectivity index (χ4v) is 1.65. The summed E-state index contributed by atoms with van der Waals surface area (Å²) in [6, 6.07) is 10.0. The van der Waals surface area contributed by atoms with Gasteiger partial charge < -0.3 is 10.2 Å². The molecule has 0 aliphatic heterocycles. The molecule has 4 nitrogen and oxygen atoms in total. The van der Waals surface area contributed by atoms with Crippen LogP contribution in [0.3, 0.4) is 0 Å². The largest absolute Gasteiger partial charge is 0.504 e. The molecule has 2 aromatic carbocycles. The highest BCUT2D eigenvalue weighted by molar-refractivity contribution is 6.31. The molecule has 0 atom stereocenters. The molecule has 0 amide bonds. The first-order valence-electron chi connectivity index (χ1n) is 5.63. The number of nitrogens with zero attached hydrogens (tertiary/aromatic N) is 1. The number of hydrogen-bond acceptors (Lipinski definition) is 4. The summed E-state index contributed by atoms with van der Waals surface area (Å²) in [4.78, 5) is 0. The van der Waals surface area contributed by atoms with Crippen molar-refractivity contribution in [3.8, 4) is 11.5 Å². The van der Waals surface area contributed by atoms with E-state index < -0.39 is 0 Å². The predicted octanol–water partition coefficient (Wildman–Crippen LogP) is 3.51. The Kier molecular flexibility index (Phi) is 3.92. The van der Waals surface area contributed by atoms with Gasteiger partial charge in [-0.25, -0.2) is 0 Å². The van der Waals surface area contributed by atoms with Crippen molar-refractivity contribution in [2.75, 3.05) is 5.43 Å². The fraction of sp³-hybridized carbons (Fsp3) is 0.0714. The van der Waals surface area contributed by atoms with Crippen molar-refractivity contribution in [3.63, 3.8) is 0 Å². The van der Waals surface area contributed by atoms with E-state index in [4.69, 9.17) is 11.6 Å². The molecule has 0 aliphatic carbocycles. The van der Waals surface area contributed by atoms with Crippen molar-refractivity contribution in [2.24, 2.45) is 5.10 Å². The molecule has 0 bridgehead atoms. The average molecular weight is 277 g/mol. The van der Waals surface area contributed by atoms with Gasteiger partial charge in [0.1, 0.15) is 0 Å². The zero-order chi connectivity index (χ0) is 13.8. The lowest BCUT2D eigenvalue weighted by atomic mass is 10.2. The number of phenols is 2. The van der Waals surface area contributed by atoms with E-state index in [1.165, 1.54) is 18.3 Å². The van der Waals surface area contributed by atoms with Crippen LogP contribution in [-0.4, -0.2) is 16.4 Å². The molecule has 3 N–H and O–H groups in total. The van der Waals surface area contributed by atoms with Gasteiger partial charge in [-0.05, 0) is 48.4 Å². The third kappa shape index (κ3) is 3.39. The zero-order valence-corrected chi connectivity index (χ0v) is 11.0. The number of rotatable bonds is 3. The van der Waals surface area contributed by atoms with Gasteiger partial charge in [0.15, 0.2) is 11.5 Å². The normalized spacial score (nSPS) is 10.8. The number of nitrogens with one attached hydrogen (secondary N) is 1. The predicted molar refractivity (Wildman–Crippen MR) is 77.2 cm³/mol. The van der Waals surface area contributed by atoms with E-state index in [1.807, 2.05) is 19.1 Å². The van der Waals surface area contributed by atoms with Crippen LogP contribution >= 0.6 is 11.6 Å². The van der Waals surface area contributed by atoms with E-state index in [2.05, 4.69) is 10.5 Å². The molecule has 0 unspecified atom stereocenters. The molecular weight excluding hydrogens is 264 g/mol. The number of hydrazone groups is 1. The lowest BCUT2D eigenvalue weighted by molar-refractivity contribution is 0.403. The lowest BCUT2D eigenvalue weighted by Gasteiger charge is -2.03. The summed E-state index contributed by atoms with van der Waals surface area (Å²) < 4.78 is 0. The molecule has 0 fully saturated rings. The van der Waals surface area contributed by atoms with E-state index in [0.717, 1.165) is 11.3 Å². The number of anilines is 1. The third-order valence-corrected chi connectivity index (χ3v) is 2.99. The Morgan fingerprint density at radius 3 is 2.58 bits per heavy atom. The molecule has 5 heteroatoms. The molecule has 0 radical (unpaired) electrons. The Morgan fingerprint density at radius 2 is 1.89 bits per heavy atom. The maximum absolute atomic E-state index is 9.33. The minimum atomic E-state index is -0.178. The second-order valence-electron chi connectivity index (χ2n) is 4.08. The molecule has 0 aliphatic rings. The zero-order valence-electron chi connectivity index (χ0n) is 10.3. The van der Waals surface area contributed by atoms with Gasteiger partial charge in [-0.3, -0.25) is 5.43 Å². The van der Waals surface area contributed by atoms with Crippen molar-refractivity contribution in [3.05, 3.63) is 52.5 Å². The smallest absolute Gasteiger partial charge is 0.158 e. The van der Waals surface area contributed by atoms with Gasteiger partial charge in [-0.1, -0.05) is 17.7 Å². The molecule has 0 saturated heterocycles. The van der Waals surface area contributed by atoms with Crippen LogP contribution in [-0.2, 0) is 0 Å². The lowest BCUT2D eigenvalue weighted by Crippen LogP contribution is -1.91. The summed E-state index contributed by atoms with van der Waals surface area (Å²) in [5.74, 6) is -0.335. The Labute approximate surface area is 116 Å². The maximum Gasteiger partial charge on any atom is 0.158 e. The highest BCUT2D eigenvalue weighted by Crippen LogP contribution is 2.24. The summed E-state index contributed by atoms with van der Waals surface area (Å²) in [6.07, 6.45) is 1.53. The number of hydrogen-bond donors (Lipinski definition) is 3.